The van der Waals surface area contributed by atoms with Crippen LogP contribution in [0.1, 0.15) is 57.0 Å². The molecular formula is C31H42N6O3. The first-order valence-corrected chi connectivity index (χ1v) is 14.6. The summed E-state index contributed by atoms with van der Waals surface area (Å²) in [5.74, 6) is 1.03. The zero-order valence-electron chi connectivity index (χ0n) is 24.2. The topological polar surface area (TPSA) is 93.9 Å². The van der Waals surface area contributed by atoms with Crippen molar-refractivity contribution in [1.82, 2.24) is 24.7 Å². The Kier molecular flexibility index (Phi) is 8.14. The Bertz CT molecular complexity index is 1430. The molecule has 0 radical (unpaired) electrons. The molecule has 2 saturated heterocycles. The molecular weight excluding hydrogens is 504 g/mol. The Hall–Kier alpha value is -3.43. The Morgan fingerprint density at radius 1 is 1.07 bits per heavy atom. The standard InChI is InChI=1S/C31H42N6O3/c1-5-8-27(37-18-15-32-21-28(37)39)29-33-26-12-11-23(20-25(26)30(40)36(29)6-2)35-16-13-31(14-17-35,34(3)4)22-9-7-10-24(38)19-22/h7,9-12,19-20,27,32,38H,5-6,8,13-18,21H2,1-4H3. The van der Waals surface area contributed by atoms with Gasteiger partial charge in [-0.25, -0.2) is 4.98 Å². The maximum absolute atomic E-state index is 13.9. The van der Waals surface area contributed by atoms with Crippen LogP contribution in [0.15, 0.2) is 47.3 Å². The van der Waals surface area contributed by atoms with Crippen molar-refractivity contribution in [2.45, 2.75) is 57.7 Å². The Morgan fingerprint density at radius 2 is 1.85 bits per heavy atom. The van der Waals surface area contributed by atoms with Crippen LogP contribution < -0.4 is 15.8 Å². The van der Waals surface area contributed by atoms with Crippen molar-refractivity contribution in [1.29, 1.82) is 0 Å². The average Bonchev–Trinajstić information content (AvgIpc) is 2.96. The highest BCUT2D eigenvalue weighted by Crippen LogP contribution is 2.40. The second-order valence-electron chi connectivity index (χ2n) is 11.3. The Morgan fingerprint density at radius 3 is 2.50 bits per heavy atom. The highest BCUT2D eigenvalue weighted by Gasteiger charge is 2.38. The molecule has 2 aliphatic heterocycles. The van der Waals surface area contributed by atoms with Gasteiger partial charge in [0.1, 0.15) is 11.6 Å². The fraction of sp³-hybridized carbons (Fsp3) is 0.516. The molecule has 9 heteroatoms. The lowest BCUT2D eigenvalue weighted by molar-refractivity contribution is -0.135. The van der Waals surface area contributed by atoms with Crippen molar-refractivity contribution in [3.8, 4) is 5.75 Å². The number of aromatic nitrogens is 2. The number of hydrogen-bond acceptors (Lipinski definition) is 7. The number of piperazine rings is 1. The van der Waals surface area contributed by atoms with E-state index in [1.807, 2.05) is 36.1 Å². The number of nitrogens with one attached hydrogen (secondary N) is 1. The maximum Gasteiger partial charge on any atom is 0.261 e. The third-order valence-electron chi connectivity index (χ3n) is 8.84. The van der Waals surface area contributed by atoms with Gasteiger partial charge in [-0.15, -0.1) is 0 Å². The number of nitrogens with zero attached hydrogens (tertiary/aromatic N) is 5. The van der Waals surface area contributed by atoms with Gasteiger partial charge in [0, 0.05) is 44.0 Å². The van der Waals surface area contributed by atoms with Crippen LogP contribution in [0.2, 0.25) is 0 Å². The van der Waals surface area contributed by atoms with E-state index in [-0.39, 0.29) is 28.8 Å². The van der Waals surface area contributed by atoms with E-state index < -0.39 is 0 Å². The molecule has 9 nitrogen and oxygen atoms in total. The van der Waals surface area contributed by atoms with Gasteiger partial charge in [-0.3, -0.25) is 19.1 Å². The highest BCUT2D eigenvalue weighted by atomic mass is 16.3. The van der Waals surface area contributed by atoms with Crippen LogP contribution in [0.4, 0.5) is 5.69 Å². The van der Waals surface area contributed by atoms with Crippen LogP contribution in [-0.4, -0.2) is 77.2 Å². The van der Waals surface area contributed by atoms with Crippen LogP contribution in [0, 0.1) is 0 Å². The van der Waals surface area contributed by atoms with Crippen molar-refractivity contribution in [3.05, 3.63) is 64.2 Å². The van der Waals surface area contributed by atoms with E-state index in [2.05, 4.69) is 48.3 Å². The van der Waals surface area contributed by atoms with Gasteiger partial charge in [0.25, 0.3) is 5.56 Å². The van der Waals surface area contributed by atoms with Crippen molar-refractivity contribution in [2.75, 3.05) is 51.7 Å². The number of fused-ring (bicyclic) bond motifs is 1. The van der Waals surface area contributed by atoms with Crippen LogP contribution in [-0.2, 0) is 16.9 Å². The minimum atomic E-state index is -0.213. The summed E-state index contributed by atoms with van der Waals surface area (Å²) in [4.78, 5) is 38.1. The molecule has 5 rings (SSSR count). The molecule has 3 heterocycles. The second kappa shape index (κ2) is 11.6. The summed E-state index contributed by atoms with van der Waals surface area (Å²) in [6.07, 6.45) is 3.46. The number of phenolic OH excluding ortho intramolecular Hbond substituents is 1. The molecule has 2 aromatic carbocycles. The van der Waals surface area contributed by atoms with Crippen LogP contribution in [0.25, 0.3) is 10.9 Å². The molecule has 40 heavy (non-hydrogen) atoms. The number of aromatic hydroxyl groups is 1. The summed E-state index contributed by atoms with van der Waals surface area (Å²) in [6.45, 7) is 7.92. The van der Waals surface area contributed by atoms with E-state index in [0.29, 0.717) is 36.4 Å². The minimum Gasteiger partial charge on any atom is -0.508 e. The molecule has 2 aliphatic rings. The molecule has 1 amide bonds. The summed E-state index contributed by atoms with van der Waals surface area (Å²) in [7, 11) is 4.21. The minimum absolute atomic E-state index is 0.0487. The second-order valence-corrected chi connectivity index (χ2v) is 11.3. The van der Waals surface area contributed by atoms with Crippen molar-refractivity contribution in [2.24, 2.45) is 0 Å². The van der Waals surface area contributed by atoms with E-state index >= 15 is 0 Å². The number of rotatable bonds is 8. The number of phenols is 1. The molecule has 0 aliphatic carbocycles. The van der Waals surface area contributed by atoms with Crippen LogP contribution in [0.5, 0.6) is 5.75 Å². The summed E-state index contributed by atoms with van der Waals surface area (Å²) >= 11 is 0. The first-order chi connectivity index (χ1) is 19.3. The molecule has 1 atom stereocenters. The van der Waals surface area contributed by atoms with Gasteiger partial charge in [0.15, 0.2) is 0 Å². The highest BCUT2D eigenvalue weighted by molar-refractivity contribution is 5.82. The van der Waals surface area contributed by atoms with Crippen molar-refractivity contribution in [3.63, 3.8) is 0 Å². The van der Waals surface area contributed by atoms with Gasteiger partial charge < -0.3 is 20.2 Å². The molecule has 214 valence electrons. The van der Waals surface area contributed by atoms with Crippen LogP contribution in [0.3, 0.4) is 0 Å². The number of anilines is 1. The number of piperidine rings is 1. The third kappa shape index (κ3) is 5.08. The maximum atomic E-state index is 13.9. The fourth-order valence-corrected chi connectivity index (χ4v) is 6.56. The van der Waals surface area contributed by atoms with E-state index in [1.54, 1.807) is 10.6 Å². The molecule has 2 N–H and O–H groups in total. The predicted molar refractivity (Wildman–Crippen MR) is 159 cm³/mol. The Labute approximate surface area is 236 Å². The van der Waals surface area contributed by atoms with Gasteiger partial charge >= 0.3 is 0 Å². The molecule has 0 saturated carbocycles. The molecule has 3 aromatic rings. The van der Waals surface area contributed by atoms with Crippen LogP contribution >= 0.6 is 0 Å². The molecule has 1 unspecified atom stereocenters. The third-order valence-corrected chi connectivity index (χ3v) is 8.84. The molecule has 0 spiro atoms. The lowest BCUT2D eigenvalue weighted by Gasteiger charge is -2.47. The monoisotopic (exact) mass is 546 g/mol. The molecule has 1 aromatic heterocycles. The van der Waals surface area contributed by atoms with Gasteiger partial charge in [0.2, 0.25) is 5.91 Å². The predicted octanol–water partition coefficient (Wildman–Crippen LogP) is 3.45. The Balaban J connectivity index is 1.46. The lowest BCUT2D eigenvalue weighted by atomic mass is 9.79. The van der Waals surface area contributed by atoms with Gasteiger partial charge in [-0.05, 0) is 76.2 Å². The SMILES string of the molecule is CCCC(c1nc2ccc(N3CCC(c4cccc(O)c4)(N(C)C)CC3)cc2c(=O)n1CC)N1CCNCC1=O. The van der Waals surface area contributed by atoms with E-state index in [0.717, 1.165) is 56.6 Å². The van der Waals surface area contributed by atoms with Gasteiger partial charge in [-0.1, -0.05) is 25.5 Å². The number of benzene rings is 2. The van der Waals surface area contributed by atoms with E-state index in [9.17, 15) is 14.7 Å². The number of amides is 1. The molecule has 0 bridgehead atoms. The van der Waals surface area contributed by atoms with E-state index in [1.165, 1.54) is 0 Å². The van der Waals surface area contributed by atoms with E-state index in [4.69, 9.17) is 4.98 Å². The zero-order valence-corrected chi connectivity index (χ0v) is 24.2. The summed E-state index contributed by atoms with van der Waals surface area (Å²) in [6, 6.07) is 13.4. The van der Waals surface area contributed by atoms with Gasteiger partial charge in [-0.2, -0.15) is 0 Å². The zero-order chi connectivity index (χ0) is 28.4. The molecule has 2 fully saturated rings. The van der Waals surface area contributed by atoms with Gasteiger partial charge in [0.05, 0.1) is 23.5 Å². The first-order valence-electron chi connectivity index (χ1n) is 14.6. The van der Waals surface area contributed by atoms with Crippen molar-refractivity contribution < 1.29 is 9.90 Å². The van der Waals surface area contributed by atoms with Crippen molar-refractivity contribution >= 4 is 22.5 Å². The summed E-state index contributed by atoms with van der Waals surface area (Å²) in [5.41, 5.74) is 2.62. The largest absolute Gasteiger partial charge is 0.508 e. The number of carbonyl (C=O) groups excluding carboxylic acids is 1. The normalized spacial score (nSPS) is 18.5. The summed E-state index contributed by atoms with van der Waals surface area (Å²) < 4.78 is 1.76. The fourth-order valence-electron chi connectivity index (χ4n) is 6.56. The summed E-state index contributed by atoms with van der Waals surface area (Å²) in [5, 5.41) is 13.9. The lowest BCUT2D eigenvalue weighted by Crippen LogP contribution is -2.50. The average molecular weight is 547 g/mol. The number of carbonyl (C=O) groups is 1. The first kappa shape index (κ1) is 28.1. The number of hydrogen-bond donors (Lipinski definition) is 2. The smallest absolute Gasteiger partial charge is 0.261 e. The quantitative estimate of drug-likeness (QED) is 0.447.